The zero-order valence-corrected chi connectivity index (χ0v) is 12.0. The van der Waals surface area contributed by atoms with Crippen LogP contribution in [-0.4, -0.2) is 17.0 Å². The smallest absolute Gasteiger partial charge is 0.250 e. The number of amides is 1. The first-order valence-corrected chi connectivity index (χ1v) is 6.92. The number of carbonyl (C=O) groups is 1. The fraction of sp³-hybridized carbons (Fsp3) is 0.250. The number of benzene rings is 1. The van der Waals surface area contributed by atoms with Crippen molar-refractivity contribution >= 4 is 11.6 Å². The van der Waals surface area contributed by atoms with Crippen LogP contribution in [0.4, 0.5) is 5.69 Å². The Morgan fingerprint density at radius 1 is 1.24 bits per heavy atom. The highest BCUT2D eigenvalue weighted by Crippen LogP contribution is 2.16. The standard InChI is InChI=1S/C16H19N3O2/c1-2-19-11-13(8-9-15(19)20)18-16(21)14(10-17)12-6-4-3-5-7-12/h3-9,11,14H,2,10,17H2,1H3,(H,18,21). The van der Waals surface area contributed by atoms with Gasteiger partial charge in [0.15, 0.2) is 0 Å². The molecule has 5 heteroatoms. The summed E-state index contributed by atoms with van der Waals surface area (Å²) in [4.78, 5) is 23.9. The Morgan fingerprint density at radius 3 is 2.57 bits per heavy atom. The van der Waals surface area contributed by atoms with Crippen LogP contribution in [0.15, 0.2) is 53.5 Å². The predicted octanol–water partition coefficient (Wildman–Crippen LogP) is 1.55. The van der Waals surface area contributed by atoms with E-state index in [-0.39, 0.29) is 18.0 Å². The van der Waals surface area contributed by atoms with Gasteiger partial charge in [0.1, 0.15) is 0 Å². The number of nitrogens with one attached hydrogen (secondary N) is 1. The van der Waals surface area contributed by atoms with Crippen LogP contribution < -0.4 is 16.6 Å². The van der Waals surface area contributed by atoms with Crippen LogP contribution in [0, 0.1) is 0 Å². The number of anilines is 1. The lowest BCUT2D eigenvalue weighted by molar-refractivity contribution is -0.117. The molecule has 0 saturated carbocycles. The second-order valence-corrected chi connectivity index (χ2v) is 4.73. The minimum absolute atomic E-state index is 0.0890. The molecule has 2 rings (SSSR count). The van der Waals surface area contributed by atoms with Crippen LogP contribution in [0.3, 0.4) is 0 Å². The third-order valence-corrected chi connectivity index (χ3v) is 3.35. The zero-order chi connectivity index (χ0) is 15.2. The monoisotopic (exact) mass is 285 g/mol. The highest BCUT2D eigenvalue weighted by atomic mass is 16.2. The summed E-state index contributed by atoms with van der Waals surface area (Å²) in [5.74, 6) is -0.585. The largest absolute Gasteiger partial charge is 0.329 e. The summed E-state index contributed by atoms with van der Waals surface area (Å²) in [6, 6.07) is 12.5. The van der Waals surface area contributed by atoms with Crippen LogP contribution in [0.1, 0.15) is 18.4 Å². The molecule has 1 amide bonds. The fourth-order valence-corrected chi connectivity index (χ4v) is 2.16. The number of carbonyl (C=O) groups excluding carboxylic acids is 1. The van der Waals surface area contributed by atoms with Gasteiger partial charge >= 0.3 is 0 Å². The van der Waals surface area contributed by atoms with E-state index < -0.39 is 5.92 Å². The maximum absolute atomic E-state index is 12.4. The summed E-state index contributed by atoms with van der Waals surface area (Å²) in [7, 11) is 0. The lowest BCUT2D eigenvalue weighted by Gasteiger charge is -2.15. The molecule has 0 fully saturated rings. The van der Waals surface area contributed by atoms with E-state index in [1.165, 1.54) is 10.6 Å². The van der Waals surface area contributed by atoms with Crippen molar-refractivity contribution in [3.63, 3.8) is 0 Å². The molecule has 1 atom stereocenters. The van der Waals surface area contributed by atoms with Gasteiger partial charge in [0.2, 0.25) is 5.91 Å². The molecule has 0 radical (unpaired) electrons. The Morgan fingerprint density at radius 2 is 1.95 bits per heavy atom. The molecule has 1 aromatic carbocycles. The zero-order valence-electron chi connectivity index (χ0n) is 12.0. The van der Waals surface area contributed by atoms with Gasteiger partial charge < -0.3 is 15.6 Å². The SMILES string of the molecule is CCn1cc(NC(=O)C(CN)c2ccccc2)ccc1=O. The summed E-state index contributed by atoms with van der Waals surface area (Å²) in [5, 5.41) is 2.81. The van der Waals surface area contributed by atoms with E-state index in [1.807, 2.05) is 37.3 Å². The number of rotatable bonds is 5. The molecule has 0 saturated heterocycles. The molecule has 0 bridgehead atoms. The summed E-state index contributed by atoms with van der Waals surface area (Å²) in [6.07, 6.45) is 1.64. The van der Waals surface area contributed by atoms with E-state index >= 15 is 0 Å². The Bertz CT molecular complexity index is 665. The topological polar surface area (TPSA) is 77.1 Å². The average Bonchev–Trinajstić information content (AvgIpc) is 2.51. The minimum Gasteiger partial charge on any atom is -0.329 e. The van der Waals surface area contributed by atoms with E-state index in [0.29, 0.717) is 12.2 Å². The molecule has 110 valence electrons. The van der Waals surface area contributed by atoms with E-state index in [9.17, 15) is 9.59 Å². The number of nitrogens with zero attached hydrogens (tertiary/aromatic N) is 1. The fourth-order valence-electron chi connectivity index (χ4n) is 2.16. The summed E-state index contributed by atoms with van der Waals surface area (Å²) >= 11 is 0. The number of hydrogen-bond acceptors (Lipinski definition) is 3. The Labute approximate surface area is 123 Å². The van der Waals surface area contributed by atoms with Crippen molar-refractivity contribution in [1.29, 1.82) is 0 Å². The van der Waals surface area contributed by atoms with Gasteiger partial charge in [0.05, 0.1) is 11.6 Å². The molecule has 5 nitrogen and oxygen atoms in total. The van der Waals surface area contributed by atoms with Gasteiger partial charge in [0.25, 0.3) is 5.56 Å². The summed E-state index contributed by atoms with van der Waals surface area (Å²) in [6.45, 7) is 2.66. The molecule has 0 aliphatic heterocycles. The number of hydrogen-bond donors (Lipinski definition) is 2. The van der Waals surface area contributed by atoms with Crippen LogP contribution in [0.2, 0.25) is 0 Å². The first-order chi connectivity index (χ1) is 10.2. The Balaban J connectivity index is 2.18. The van der Waals surface area contributed by atoms with Gasteiger partial charge in [-0.3, -0.25) is 9.59 Å². The maximum Gasteiger partial charge on any atom is 0.250 e. The van der Waals surface area contributed by atoms with E-state index in [2.05, 4.69) is 5.32 Å². The predicted molar refractivity (Wildman–Crippen MR) is 83.2 cm³/mol. The molecule has 1 aromatic heterocycles. The minimum atomic E-state index is -0.409. The van der Waals surface area contributed by atoms with Gasteiger partial charge in [0, 0.05) is 25.4 Å². The molecule has 2 aromatic rings. The van der Waals surface area contributed by atoms with Gasteiger partial charge in [-0.2, -0.15) is 0 Å². The summed E-state index contributed by atoms with van der Waals surface area (Å²) < 4.78 is 1.54. The number of aromatic nitrogens is 1. The van der Waals surface area contributed by atoms with Crippen molar-refractivity contribution in [3.05, 3.63) is 64.6 Å². The molecule has 0 spiro atoms. The van der Waals surface area contributed by atoms with Crippen LogP contribution in [0.25, 0.3) is 0 Å². The van der Waals surface area contributed by atoms with Gasteiger partial charge in [-0.15, -0.1) is 0 Å². The lowest BCUT2D eigenvalue weighted by Crippen LogP contribution is -2.28. The molecular formula is C16H19N3O2. The van der Waals surface area contributed by atoms with Gasteiger partial charge in [-0.05, 0) is 18.6 Å². The molecule has 21 heavy (non-hydrogen) atoms. The van der Waals surface area contributed by atoms with Crippen LogP contribution in [0.5, 0.6) is 0 Å². The molecule has 1 heterocycles. The first kappa shape index (κ1) is 15.0. The number of nitrogens with two attached hydrogens (primary N) is 1. The summed E-state index contributed by atoms with van der Waals surface area (Å²) in [5.41, 5.74) is 7.10. The van der Waals surface area contributed by atoms with Gasteiger partial charge in [-0.25, -0.2) is 0 Å². The highest BCUT2D eigenvalue weighted by molar-refractivity contribution is 5.95. The first-order valence-electron chi connectivity index (χ1n) is 6.92. The third kappa shape index (κ3) is 3.58. The maximum atomic E-state index is 12.4. The van der Waals surface area contributed by atoms with Crippen molar-refractivity contribution in [2.45, 2.75) is 19.4 Å². The normalized spacial score (nSPS) is 11.9. The second-order valence-electron chi connectivity index (χ2n) is 4.73. The quantitative estimate of drug-likeness (QED) is 0.875. The van der Waals surface area contributed by atoms with Crippen LogP contribution in [-0.2, 0) is 11.3 Å². The molecular weight excluding hydrogens is 266 g/mol. The van der Waals surface area contributed by atoms with Crippen molar-refractivity contribution in [1.82, 2.24) is 4.57 Å². The van der Waals surface area contributed by atoms with Gasteiger partial charge in [-0.1, -0.05) is 30.3 Å². The van der Waals surface area contributed by atoms with Crippen molar-refractivity contribution in [2.24, 2.45) is 5.73 Å². The van der Waals surface area contributed by atoms with E-state index in [0.717, 1.165) is 5.56 Å². The van der Waals surface area contributed by atoms with Crippen LogP contribution >= 0.6 is 0 Å². The molecule has 1 unspecified atom stereocenters. The van der Waals surface area contributed by atoms with E-state index in [1.54, 1.807) is 12.3 Å². The van der Waals surface area contributed by atoms with Crippen molar-refractivity contribution in [2.75, 3.05) is 11.9 Å². The van der Waals surface area contributed by atoms with E-state index in [4.69, 9.17) is 5.73 Å². The van der Waals surface area contributed by atoms with Crippen molar-refractivity contribution in [3.8, 4) is 0 Å². The number of aryl methyl sites for hydroxylation is 1. The molecule has 0 aliphatic carbocycles. The third-order valence-electron chi connectivity index (χ3n) is 3.35. The van der Waals surface area contributed by atoms with Crippen molar-refractivity contribution < 1.29 is 4.79 Å². The average molecular weight is 285 g/mol. The molecule has 3 N–H and O–H groups in total. The number of pyridine rings is 1. The second kappa shape index (κ2) is 6.85. The molecule has 0 aliphatic rings. The Kier molecular flexibility index (Phi) is 4.90. The Hall–Kier alpha value is -2.40. The highest BCUT2D eigenvalue weighted by Gasteiger charge is 2.18. The lowest BCUT2D eigenvalue weighted by atomic mass is 9.98.